The van der Waals surface area contributed by atoms with Crippen LogP contribution >= 0.6 is 0 Å². The molecule has 33 heavy (non-hydrogen) atoms. The zero-order valence-corrected chi connectivity index (χ0v) is 19.0. The second kappa shape index (κ2) is 8.25. The summed E-state index contributed by atoms with van der Waals surface area (Å²) in [6, 6.07) is 1.42. The highest BCUT2D eigenvalue weighted by molar-refractivity contribution is 7.90. The molecule has 0 saturated heterocycles. The van der Waals surface area contributed by atoms with Gasteiger partial charge in [0, 0.05) is 12.7 Å². The van der Waals surface area contributed by atoms with Crippen molar-refractivity contribution in [2.24, 2.45) is 0 Å². The predicted molar refractivity (Wildman–Crippen MR) is 117 cm³/mol. The average Bonchev–Trinajstić information content (AvgIpc) is 3.51. The summed E-state index contributed by atoms with van der Waals surface area (Å²) in [5, 5.41) is 9.18. The highest BCUT2D eigenvalue weighted by Gasteiger charge is 2.33. The van der Waals surface area contributed by atoms with Gasteiger partial charge in [-0.25, -0.2) is 27.4 Å². The van der Waals surface area contributed by atoms with Gasteiger partial charge in [-0.1, -0.05) is 6.07 Å². The van der Waals surface area contributed by atoms with Gasteiger partial charge >= 0.3 is 12.1 Å². The van der Waals surface area contributed by atoms with Gasteiger partial charge in [0.1, 0.15) is 6.61 Å². The van der Waals surface area contributed by atoms with E-state index in [1.165, 1.54) is 22.9 Å². The second-order valence-electron chi connectivity index (χ2n) is 8.38. The highest BCUT2D eigenvalue weighted by atomic mass is 32.2. The van der Waals surface area contributed by atoms with E-state index in [1.54, 1.807) is 0 Å². The molecule has 2 aromatic rings. The van der Waals surface area contributed by atoms with Crippen LogP contribution in [0.4, 0.5) is 15.3 Å². The van der Waals surface area contributed by atoms with Crippen molar-refractivity contribution in [3.63, 3.8) is 0 Å². The van der Waals surface area contributed by atoms with Crippen LogP contribution in [-0.4, -0.2) is 50.1 Å². The maximum Gasteiger partial charge on any atom is 0.407 e. The molecule has 3 aliphatic rings. The first-order valence-electron chi connectivity index (χ1n) is 10.9. The van der Waals surface area contributed by atoms with E-state index >= 15 is 0 Å². The van der Waals surface area contributed by atoms with Gasteiger partial charge < -0.3 is 20.1 Å². The molecular weight excluding hydrogens is 450 g/mol. The number of aryl methyl sites for hydroxylation is 2. The van der Waals surface area contributed by atoms with Gasteiger partial charge in [-0.3, -0.25) is 0 Å². The Balaban J connectivity index is 1.33. The van der Waals surface area contributed by atoms with E-state index in [1.807, 2.05) is 0 Å². The van der Waals surface area contributed by atoms with E-state index in [0.29, 0.717) is 0 Å². The summed E-state index contributed by atoms with van der Waals surface area (Å²) in [7, 11) is -2.81. The molecule has 1 aliphatic heterocycles. The molecule has 11 nitrogen and oxygen atoms in total. The fourth-order valence-corrected chi connectivity index (χ4v) is 5.78. The Morgan fingerprint density at radius 2 is 1.85 bits per heavy atom. The number of carbonyl (C=O) groups excluding carboxylic acids is 2. The number of rotatable bonds is 4. The number of hydrogen-bond donors (Lipinski definition) is 3. The molecular formula is C21H25N5O6S. The Morgan fingerprint density at radius 3 is 2.52 bits per heavy atom. The first kappa shape index (κ1) is 21.6. The smallest absolute Gasteiger partial charge is 0.407 e. The number of carbonyl (C=O) groups is 2. The Morgan fingerprint density at radius 1 is 1.15 bits per heavy atom. The zero-order chi connectivity index (χ0) is 23.2. The van der Waals surface area contributed by atoms with Crippen LogP contribution in [0.25, 0.3) is 0 Å². The lowest BCUT2D eigenvalue weighted by molar-refractivity contribution is 0.0300. The number of sulfonamides is 1. The van der Waals surface area contributed by atoms with Crippen molar-refractivity contribution in [1.29, 1.82) is 0 Å². The number of aromatic nitrogens is 2. The maximum atomic E-state index is 12.9. The number of alkyl carbamates (subject to hydrolysis) is 1. The first-order chi connectivity index (χ1) is 15.9. The molecule has 0 bridgehead atoms. The minimum atomic E-state index is -4.24. The Bertz CT molecular complexity index is 1210. The number of amides is 3. The van der Waals surface area contributed by atoms with Gasteiger partial charge in [-0.15, -0.1) is 0 Å². The Labute approximate surface area is 190 Å². The maximum absolute atomic E-state index is 12.9. The van der Waals surface area contributed by atoms with E-state index < -0.39 is 28.3 Å². The standard InChI is InChI=1S/C21H25N5O6S/c1-22-21(28)32-14-10-26-19(31-11-14)17(9-23-26)33(29,30)25-20(27)24-18-15-6-2-4-12(15)8-13-5-3-7-16(13)18/h8-9,14H,2-7,10-11H2,1H3,(H,22,28)(H2,24,25,27). The molecule has 2 heterocycles. The summed E-state index contributed by atoms with van der Waals surface area (Å²) in [4.78, 5) is 23.9. The van der Waals surface area contributed by atoms with Gasteiger partial charge in [0.25, 0.3) is 10.0 Å². The molecule has 12 heteroatoms. The molecule has 3 N–H and O–H groups in total. The SMILES string of the molecule is CNC(=O)OC1COc2c(S(=O)(=O)NC(=O)Nc3c4c(cc5c3CCC5)CCC4)cnn2C1. The van der Waals surface area contributed by atoms with Gasteiger partial charge in [-0.05, 0) is 60.8 Å². The van der Waals surface area contributed by atoms with Crippen molar-refractivity contribution in [1.82, 2.24) is 19.8 Å². The summed E-state index contributed by atoms with van der Waals surface area (Å²) in [6.45, 7) is 0.100. The Kier molecular flexibility index (Phi) is 5.39. The lowest BCUT2D eigenvalue weighted by Crippen LogP contribution is -2.38. The number of hydrogen-bond acceptors (Lipinski definition) is 7. The van der Waals surface area contributed by atoms with Crippen LogP contribution in [0.3, 0.4) is 0 Å². The molecule has 1 unspecified atom stereocenters. The van der Waals surface area contributed by atoms with Gasteiger partial charge in [0.2, 0.25) is 5.88 Å². The first-order valence-corrected chi connectivity index (χ1v) is 12.4. The van der Waals surface area contributed by atoms with Crippen LogP contribution < -0.4 is 20.1 Å². The Hall–Kier alpha value is -3.28. The van der Waals surface area contributed by atoms with Crippen molar-refractivity contribution in [2.45, 2.75) is 56.1 Å². The molecule has 0 fully saturated rings. The number of anilines is 1. The van der Waals surface area contributed by atoms with Crippen molar-refractivity contribution in [3.8, 4) is 5.88 Å². The number of fused-ring (bicyclic) bond motifs is 3. The van der Waals surface area contributed by atoms with Crippen LogP contribution in [0.15, 0.2) is 17.2 Å². The summed E-state index contributed by atoms with van der Waals surface area (Å²) >= 11 is 0. The van der Waals surface area contributed by atoms with Crippen molar-refractivity contribution in [2.75, 3.05) is 19.0 Å². The molecule has 1 aromatic heterocycles. The topological polar surface area (TPSA) is 141 Å². The van der Waals surface area contributed by atoms with Crippen LogP contribution in [0.5, 0.6) is 5.88 Å². The largest absolute Gasteiger partial charge is 0.473 e. The number of nitrogens with zero attached hydrogens (tertiary/aromatic N) is 2. The second-order valence-corrected chi connectivity index (χ2v) is 10.0. The molecule has 0 saturated carbocycles. The van der Waals surface area contributed by atoms with Crippen molar-refractivity contribution < 1.29 is 27.5 Å². The molecule has 2 aliphatic carbocycles. The molecule has 176 valence electrons. The molecule has 5 rings (SSSR count). The van der Waals surface area contributed by atoms with E-state index in [0.717, 1.165) is 61.5 Å². The number of ether oxygens (including phenoxy) is 2. The molecule has 0 radical (unpaired) electrons. The minimum Gasteiger partial charge on any atom is -0.473 e. The van der Waals surface area contributed by atoms with Crippen LogP contribution in [0.1, 0.15) is 35.1 Å². The minimum absolute atomic E-state index is 0.00597. The van der Waals surface area contributed by atoms with Crippen molar-refractivity contribution in [3.05, 3.63) is 34.5 Å². The van der Waals surface area contributed by atoms with Crippen molar-refractivity contribution >= 4 is 27.8 Å². The average molecular weight is 476 g/mol. The van der Waals surface area contributed by atoms with Crippen LogP contribution in [-0.2, 0) is 47.0 Å². The predicted octanol–water partition coefficient (Wildman–Crippen LogP) is 1.49. The van der Waals surface area contributed by atoms with Gasteiger partial charge in [0.05, 0.1) is 12.7 Å². The third-order valence-electron chi connectivity index (χ3n) is 6.25. The number of nitrogens with one attached hydrogen (secondary N) is 3. The van der Waals surface area contributed by atoms with Crippen LogP contribution in [0, 0.1) is 0 Å². The summed E-state index contributed by atoms with van der Waals surface area (Å²) in [6.07, 6.45) is 5.61. The quantitative estimate of drug-likeness (QED) is 0.608. The molecule has 1 atom stereocenters. The van der Waals surface area contributed by atoms with Gasteiger partial charge in [-0.2, -0.15) is 5.10 Å². The van der Waals surface area contributed by atoms with E-state index in [9.17, 15) is 18.0 Å². The van der Waals surface area contributed by atoms with Gasteiger partial charge in [0.15, 0.2) is 11.0 Å². The lowest BCUT2D eigenvalue weighted by Gasteiger charge is -2.24. The fourth-order valence-electron chi connectivity index (χ4n) is 4.80. The summed E-state index contributed by atoms with van der Waals surface area (Å²) < 4.78 is 39.9. The monoisotopic (exact) mass is 475 g/mol. The molecule has 1 aromatic carbocycles. The third kappa shape index (κ3) is 3.99. The number of urea groups is 1. The van der Waals surface area contributed by atoms with E-state index in [4.69, 9.17) is 9.47 Å². The summed E-state index contributed by atoms with van der Waals surface area (Å²) in [5.41, 5.74) is 5.45. The normalized spacial score (nSPS) is 18.5. The third-order valence-corrected chi connectivity index (χ3v) is 7.56. The van der Waals surface area contributed by atoms with E-state index in [2.05, 4.69) is 26.5 Å². The molecule has 0 spiro atoms. The number of benzene rings is 1. The van der Waals surface area contributed by atoms with E-state index in [-0.39, 0.29) is 23.9 Å². The van der Waals surface area contributed by atoms with Crippen LogP contribution in [0.2, 0.25) is 0 Å². The fraction of sp³-hybridized carbons (Fsp3) is 0.476. The summed E-state index contributed by atoms with van der Waals surface area (Å²) in [5.74, 6) is -0.00597. The molecule has 3 amide bonds. The zero-order valence-electron chi connectivity index (χ0n) is 18.1. The highest BCUT2D eigenvalue weighted by Crippen LogP contribution is 2.38. The lowest BCUT2D eigenvalue weighted by atomic mass is 9.99.